The van der Waals surface area contributed by atoms with Gasteiger partial charge in [0.05, 0.1) is 16.8 Å². The fourth-order valence-corrected chi connectivity index (χ4v) is 7.94. The molecule has 1 N–H and O–H groups in total. The van der Waals surface area contributed by atoms with E-state index in [0.717, 1.165) is 12.0 Å². The van der Waals surface area contributed by atoms with Crippen LogP contribution in [0.1, 0.15) is 18.9 Å². The smallest absolute Gasteiger partial charge is 0.321 e. The molecule has 1 aromatic carbocycles. The number of sulfone groups is 1. The summed E-state index contributed by atoms with van der Waals surface area (Å²) in [4.78, 5) is 14.0. The van der Waals surface area contributed by atoms with E-state index in [9.17, 15) is 21.6 Å². The van der Waals surface area contributed by atoms with Gasteiger partial charge in [-0.15, -0.1) is 0 Å². The monoisotopic (exact) mass is 415 g/mol. The maximum absolute atomic E-state index is 12.7. The van der Waals surface area contributed by atoms with Crippen molar-refractivity contribution in [2.24, 2.45) is 0 Å². The number of amides is 2. The van der Waals surface area contributed by atoms with Gasteiger partial charge < -0.3 is 10.2 Å². The van der Waals surface area contributed by atoms with Gasteiger partial charge in [-0.2, -0.15) is 4.31 Å². The molecule has 3 rings (SSSR count). The molecule has 2 aliphatic heterocycles. The molecule has 2 amide bonds. The number of benzene rings is 1. The van der Waals surface area contributed by atoms with Crippen molar-refractivity contribution >= 4 is 31.6 Å². The van der Waals surface area contributed by atoms with Crippen molar-refractivity contribution in [2.75, 3.05) is 43.0 Å². The van der Waals surface area contributed by atoms with Crippen LogP contribution in [0.5, 0.6) is 0 Å². The van der Waals surface area contributed by atoms with Gasteiger partial charge >= 0.3 is 6.03 Å². The molecular weight excluding hydrogens is 390 g/mol. The number of carbonyl (C=O) groups excluding carboxylic acids is 1. The van der Waals surface area contributed by atoms with Crippen molar-refractivity contribution in [1.29, 1.82) is 0 Å². The maximum atomic E-state index is 12.7. The minimum atomic E-state index is -3.65. The van der Waals surface area contributed by atoms with E-state index in [1.165, 1.54) is 4.31 Å². The number of rotatable bonds is 4. The van der Waals surface area contributed by atoms with Crippen LogP contribution >= 0.6 is 0 Å². The molecular formula is C17H25N3O5S2. The maximum Gasteiger partial charge on any atom is 0.321 e. The summed E-state index contributed by atoms with van der Waals surface area (Å²) >= 11 is 0. The number of hydrogen-bond donors (Lipinski definition) is 1. The molecule has 1 atom stereocenters. The second kappa shape index (κ2) is 7.76. The lowest BCUT2D eigenvalue weighted by Crippen LogP contribution is -2.53. The van der Waals surface area contributed by atoms with Crippen LogP contribution in [0, 0.1) is 0 Å². The fourth-order valence-electron chi connectivity index (χ4n) is 3.42. The number of nitrogens with zero attached hydrogens (tertiary/aromatic N) is 2. The Balaban J connectivity index is 1.57. The van der Waals surface area contributed by atoms with E-state index in [-0.39, 0.29) is 50.1 Å². The minimum Gasteiger partial charge on any atom is -0.322 e. The van der Waals surface area contributed by atoms with Crippen molar-refractivity contribution in [3.05, 3.63) is 29.8 Å². The van der Waals surface area contributed by atoms with Gasteiger partial charge in [-0.1, -0.05) is 19.1 Å². The molecule has 8 nitrogen and oxygen atoms in total. The van der Waals surface area contributed by atoms with Gasteiger partial charge in [0.2, 0.25) is 10.0 Å². The molecule has 2 aliphatic rings. The van der Waals surface area contributed by atoms with Gasteiger partial charge in [-0.3, -0.25) is 0 Å². The molecule has 0 bridgehead atoms. The number of aryl methyl sites for hydroxylation is 1. The van der Waals surface area contributed by atoms with Crippen LogP contribution in [0.2, 0.25) is 0 Å². The number of sulfonamides is 1. The molecule has 150 valence electrons. The van der Waals surface area contributed by atoms with Crippen LogP contribution in [0.3, 0.4) is 0 Å². The van der Waals surface area contributed by atoms with Crippen molar-refractivity contribution in [3.63, 3.8) is 0 Å². The van der Waals surface area contributed by atoms with Crippen molar-refractivity contribution in [2.45, 2.75) is 25.0 Å². The van der Waals surface area contributed by atoms with E-state index in [1.807, 2.05) is 31.2 Å². The van der Waals surface area contributed by atoms with Crippen LogP contribution in [0.25, 0.3) is 0 Å². The van der Waals surface area contributed by atoms with Crippen molar-refractivity contribution in [3.8, 4) is 0 Å². The van der Waals surface area contributed by atoms with Gasteiger partial charge in [0.25, 0.3) is 0 Å². The molecule has 27 heavy (non-hydrogen) atoms. The molecule has 0 aliphatic carbocycles. The number of carbonyl (C=O) groups is 1. The Labute approximate surface area is 160 Å². The summed E-state index contributed by atoms with van der Waals surface area (Å²) in [6, 6.07) is 7.35. The van der Waals surface area contributed by atoms with Gasteiger partial charge in [0, 0.05) is 31.9 Å². The highest BCUT2D eigenvalue weighted by atomic mass is 32.2. The Morgan fingerprint density at radius 2 is 1.93 bits per heavy atom. The summed E-state index contributed by atoms with van der Waals surface area (Å²) in [5.74, 6) is -0.375. The second-order valence-electron chi connectivity index (χ2n) is 6.94. The first kappa shape index (κ1) is 20.1. The first-order valence-corrected chi connectivity index (χ1v) is 12.4. The number of nitrogens with one attached hydrogen (secondary N) is 1. The van der Waals surface area contributed by atoms with Crippen LogP contribution in [-0.2, 0) is 26.3 Å². The standard InChI is InChI=1S/C17H25N3O5S2/c1-2-14-4-3-5-15(12-14)18-17(21)19-7-9-20(10-8-19)27(24,25)16-6-11-26(22,23)13-16/h3-5,12,16H,2,6-11,13H2,1H3,(H,18,21)/t16-/m0/s1. The predicted molar refractivity (Wildman–Crippen MR) is 104 cm³/mol. The minimum absolute atomic E-state index is 0.0733. The molecule has 2 heterocycles. The summed E-state index contributed by atoms with van der Waals surface area (Å²) in [7, 11) is -6.92. The molecule has 0 saturated carbocycles. The first-order valence-electron chi connectivity index (χ1n) is 9.05. The summed E-state index contributed by atoms with van der Waals surface area (Å²) < 4.78 is 49.8. The summed E-state index contributed by atoms with van der Waals surface area (Å²) in [5, 5.41) is 1.98. The Morgan fingerprint density at radius 1 is 1.22 bits per heavy atom. The molecule has 0 aromatic heterocycles. The van der Waals surface area contributed by atoms with Crippen LogP contribution in [0.4, 0.5) is 10.5 Å². The lowest BCUT2D eigenvalue weighted by molar-refractivity contribution is 0.184. The zero-order valence-corrected chi connectivity index (χ0v) is 16.9. The summed E-state index contributed by atoms with van der Waals surface area (Å²) in [6.45, 7) is 2.95. The Morgan fingerprint density at radius 3 is 2.52 bits per heavy atom. The third kappa shape index (κ3) is 4.61. The summed E-state index contributed by atoms with van der Waals surface area (Å²) in [6.07, 6.45) is 1.02. The Kier molecular flexibility index (Phi) is 5.78. The van der Waals surface area contributed by atoms with Crippen LogP contribution < -0.4 is 5.32 Å². The molecule has 1 aromatic rings. The summed E-state index contributed by atoms with van der Waals surface area (Å²) in [5.41, 5.74) is 1.83. The van der Waals surface area contributed by atoms with E-state index in [1.54, 1.807) is 4.90 Å². The van der Waals surface area contributed by atoms with Gasteiger partial charge in [0.1, 0.15) is 0 Å². The van der Waals surface area contributed by atoms with Crippen molar-refractivity contribution < 1.29 is 21.6 Å². The molecule has 2 saturated heterocycles. The van der Waals surface area contributed by atoms with Gasteiger partial charge in [-0.25, -0.2) is 21.6 Å². The van der Waals surface area contributed by atoms with E-state index in [4.69, 9.17) is 0 Å². The average Bonchev–Trinajstić information content (AvgIpc) is 3.02. The van der Waals surface area contributed by atoms with Crippen molar-refractivity contribution in [1.82, 2.24) is 9.21 Å². The molecule has 10 heteroatoms. The Bertz CT molecular complexity index is 906. The van der Waals surface area contributed by atoms with Crippen LogP contribution in [0.15, 0.2) is 24.3 Å². The van der Waals surface area contributed by atoms with E-state index in [0.29, 0.717) is 5.69 Å². The van der Waals surface area contributed by atoms with E-state index >= 15 is 0 Å². The number of urea groups is 1. The number of piperazine rings is 1. The van der Waals surface area contributed by atoms with Gasteiger partial charge in [0.15, 0.2) is 9.84 Å². The highest BCUT2D eigenvalue weighted by Gasteiger charge is 2.41. The molecule has 0 unspecified atom stereocenters. The third-order valence-electron chi connectivity index (χ3n) is 5.08. The highest BCUT2D eigenvalue weighted by Crippen LogP contribution is 2.23. The van der Waals surface area contributed by atoms with E-state index in [2.05, 4.69) is 5.32 Å². The SMILES string of the molecule is CCc1cccc(NC(=O)N2CCN(S(=O)(=O)[C@H]3CCS(=O)(=O)C3)CC2)c1. The fraction of sp³-hybridized carbons (Fsp3) is 0.588. The lowest BCUT2D eigenvalue weighted by Gasteiger charge is -2.35. The van der Waals surface area contributed by atoms with Crippen LogP contribution in [-0.4, -0.2) is 75.0 Å². The zero-order valence-electron chi connectivity index (χ0n) is 15.3. The molecule has 0 spiro atoms. The predicted octanol–water partition coefficient (Wildman–Crippen LogP) is 0.915. The van der Waals surface area contributed by atoms with E-state index < -0.39 is 25.1 Å². The highest BCUT2D eigenvalue weighted by molar-refractivity contribution is 7.95. The first-order chi connectivity index (χ1) is 12.7. The number of hydrogen-bond acceptors (Lipinski definition) is 5. The quantitative estimate of drug-likeness (QED) is 0.787. The lowest BCUT2D eigenvalue weighted by atomic mass is 10.1. The molecule has 0 radical (unpaired) electrons. The third-order valence-corrected chi connectivity index (χ3v) is 9.39. The second-order valence-corrected chi connectivity index (χ2v) is 11.4. The largest absolute Gasteiger partial charge is 0.322 e. The molecule has 2 fully saturated rings. The van der Waals surface area contributed by atoms with Gasteiger partial charge in [-0.05, 0) is 30.5 Å². The normalized spacial score (nSPS) is 23.3. The zero-order chi connectivity index (χ0) is 19.7. The Hall–Kier alpha value is -1.65. The number of anilines is 1. The topological polar surface area (TPSA) is 104 Å². The average molecular weight is 416 g/mol.